The fourth-order valence-electron chi connectivity index (χ4n) is 2.73. The van der Waals surface area contributed by atoms with E-state index < -0.39 is 24.5 Å². The Balaban J connectivity index is 1.94. The lowest BCUT2D eigenvalue weighted by molar-refractivity contribution is -0.200. The van der Waals surface area contributed by atoms with Gasteiger partial charge in [-0.2, -0.15) is 13.2 Å². The number of piperazine rings is 1. The molecule has 1 unspecified atom stereocenters. The number of amides is 1. The number of rotatable bonds is 5. The molecular weight excluding hydrogens is 395 g/mol. The van der Waals surface area contributed by atoms with E-state index in [1.54, 1.807) is 18.2 Å². The molecule has 1 aromatic rings. The Bertz CT molecular complexity index is 786. The minimum atomic E-state index is -4.61. The van der Waals surface area contributed by atoms with Crippen LogP contribution in [0.4, 0.5) is 28.4 Å². The van der Waals surface area contributed by atoms with Crippen molar-refractivity contribution in [2.24, 2.45) is 0 Å². The summed E-state index contributed by atoms with van der Waals surface area (Å²) in [7, 11) is 0. The van der Waals surface area contributed by atoms with Crippen LogP contribution in [0.25, 0.3) is 4.85 Å². The molecule has 1 heterocycles. The fourth-order valence-corrected chi connectivity index (χ4v) is 2.73. The molecule has 0 bridgehead atoms. The van der Waals surface area contributed by atoms with Crippen LogP contribution in [0.15, 0.2) is 18.2 Å². The quantitative estimate of drug-likeness (QED) is 0.584. The van der Waals surface area contributed by atoms with Crippen molar-refractivity contribution in [3.05, 3.63) is 40.7 Å². The molecular formula is C18H20F3N3O5. The SMILES string of the molecule is [C-]#[N+]c1ccc(CN2CCN(C(=O)OC(C)C(F)(F)F)CC2)c(COC(=O)O)c1. The molecule has 158 valence electrons. The number of carbonyl (C=O) groups excluding carboxylic acids is 1. The minimum absolute atomic E-state index is 0.199. The number of hydrogen-bond donors (Lipinski definition) is 1. The van der Waals surface area contributed by atoms with Gasteiger partial charge in [-0.15, -0.1) is 0 Å². The van der Waals surface area contributed by atoms with Gasteiger partial charge in [0, 0.05) is 32.7 Å². The van der Waals surface area contributed by atoms with Crippen LogP contribution in [0.1, 0.15) is 18.1 Å². The molecule has 1 saturated heterocycles. The van der Waals surface area contributed by atoms with E-state index in [9.17, 15) is 22.8 Å². The van der Waals surface area contributed by atoms with E-state index in [2.05, 4.69) is 14.3 Å². The highest BCUT2D eigenvalue weighted by molar-refractivity contribution is 5.68. The largest absolute Gasteiger partial charge is 0.506 e. The van der Waals surface area contributed by atoms with E-state index in [1.807, 2.05) is 4.90 Å². The van der Waals surface area contributed by atoms with Gasteiger partial charge >= 0.3 is 18.4 Å². The number of benzene rings is 1. The van der Waals surface area contributed by atoms with E-state index in [-0.39, 0.29) is 19.7 Å². The van der Waals surface area contributed by atoms with E-state index >= 15 is 0 Å². The van der Waals surface area contributed by atoms with Gasteiger partial charge in [-0.3, -0.25) is 4.90 Å². The van der Waals surface area contributed by atoms with Gasteiger partial charge in [-0.25, -0.2) is 14.4 Å². The van der Waals surface area contributed by atoms with E-state index in [0.717, 1.165) is 12.5 Å². The molecule has 1 atom stereocenters. The van der Waals surface area contributed by atoms with Crippen molar-refractivity contribution in [1.29, 1.82) is 0 Å². The average Bonchev–Trinajstić information content (AvgIpc) is 2.66. The summed E-state index contributed by atoms with van der Waals surface area (Å²) in [6.45, 7) is 9.27. The molecule has 1 aliphatic rings. The molecule has 1 aromatic carbocycles. The smallest absolute Gasteiger partial charge is 0.450 e. The Kier molecular flexibility index (Phi) is 7.28. The first kappa shape index (κ1) is 22.3. The highest BCUT2D eigenvalue weighted by atomic mass is 19.4. The normalized spacial score (nSPS) is 16.0. The molecule has 0 spiro atoms. The third-order valence-electron chi connectivity index (χ3n) is 4.43. The summed E-state index contributed by atoms with van der Waals surface area (Å²) < 4.78 is 46.6. The van der Waals surface area contributed by atoms with Gasteiger partial charge in [0.25, 0.3) is 0 Å². The van der Waals surface area contributed by atoms with Crippen LogP contribution in [0.2, 0.25) is 0 Å². The van der Waals surface area contributed by atoms with Crippen LogP contribution < -0.4 is 0 Å². The molecule has 1 fully saturated rings. The summed E-state index contributed by atoms with van der Waals surface area (Å²) in [5, 5.41) is 8.69. The number of nitrogens with zero attached hydrogens (tertiary/aromatic N) is 3. The molecule has 0 radical (unpaired) electrons. The second-order valence-corrected chi connectivity index (χ2v) is 6.45. The predicted octanol–water partition coefficient (Wildman–Crippen LogP) is 3.64. The first-order chi connectivity index (χ1) is 13.6. The van der Waals surface area contributed by atoms with Gasteiger partial charge in [-0.1, -0.05) is 12.1 Å². The zero-order chi connectivity index (χ0) is 21.6. The van der Waals surface area contributed by atoms with Gasteiger partial charge < -0.3 is 19.5 Å². The maximum atomic E-state index is 12.5. The maximum Gasteiger partial charge on any atom is 0.506 e. The Morgan fingerprint density at radius 2 is 1.90 bits per heavy atom. The van der Waals surface area contributed by atoms with Crippen molar-refractivity contribution >= 4 is 17.9 Å². The molecule has 0 aromatic heterocycles. The van der Waals surface area contributed by atoms with Crippen LogP contribution in [0, 0.1) is 6.57 Å². The number of carboxylic acid groups (broad SMARTS) is 1. The number of alkyl halides is 3. The Morgan fingerprint density at radius 3 is 2.45 bits per heavy atom. The monoisotopic (exact) mass is 415 g/mol. The van der Waals surface area contributed by atoms with Crippen molar-refractivity contribution < 1.29 is 37.3 Å². The lowest BCUT2D eigenvalue weighted by Gasteiger charge is -2.35. The van der Waals surface area contributed by atoms with E-state index in [0.29, 0.717) is 30.9 Å². The van der Waals surface area contributed by atoms with Crippen LogP contribution in [-0.2, 0) is 22.6 Å². The highest BCUT2D eigenvalue weighted by Gasteiger charge is 2.40. The Hall–Kier alpha value is -3.00. The van der Waals surface area contributed by atoms with Gasteiger partial charge in [0.1, 0.15) is 6.61 Å². The Labute approximate surface area is 165 Å². The third kappa shape index (κ3) is 6.53. The van der Waals surface area contributed by atoms with Crippen LogP contribution in [0.3, 0.4) is 0 Å². The van der Waals surface area contributed by atoms with Crippen molar-refractivity contribution in [3.63, 3.8) is 0 Å². The molecule has 0 saturated carbocycles. The topological polar surface area (TPSA) is 83.7 Å². The van der Waals surface area contributed by atoms with E-state index in [1.165, 1.54) is 4.90 Å². The highest BCUT2D eigenvalue weighted by Crippen LogP contribution is 2.24. The lowest BCUT2D eigenvalue weighted by atomic mass is 10.1. The van der Waals surface area contributed by atoms with Crippen LogP contribution in [-0.4, -0.2) is 65.6 Å². The zero-order valence-electron chi connectivity index (χ0n) is 15.6. The van der Waals surface area contributed by atoms with Crippen molar-refractivity contribution in [3.8, 4) is 0 Å². The molecule has 1 amide bonds. The van der Waals surface area contributed by atoms with Crippen molar-refractivity contribution in [2.45, 2.75) is 32.4 Å². The van der Waals surface area contributed by atoms with Crippen molar-refractivity contribution in [1.82, 2.24) is 9.80 Å². The molecule has 2 rings (SSSR count). The molecule has 29 heavy (non-hydrogen) atoms. The first-order valence-corrected chi connectivity index (χ1v) is 8.69. The van der Waals surface area contributed by atoms with Crippen LogP contribution >= 0.6 is 0 Å². The molecule has 8 nitrogen and oxygen atoms in total. The summed E-state index contributed by atoms with van der Waals surface area (Å²) in [5.74, 6) is 0. The van der Waals surface area contributed by atoms with E-state index in [4.69, 9.17) is 11.7 Å². The standard InChI is InChI=1S/C18H20F3N3O5/c1-12(18(19,20)21)29-16(25)24-7-5-23(6-8-24)10-13-3-4-15(22-2)9-14(13)11-28-17(26)27/h3-4,9,12H,5-8,10-11H2,1H3,(H,26,27). The Morgan fingerprint density at radius 1 is 1.24 bits per heavy atom. The van der Waals surface area contributed by atoms with Gasteiger partial charge in [0.05, 0.1) is 6.57 Å². The molecule has 1 N–H and O–H groups in total. The van der Waals surface area contributed by atoms with Crippen LogP contribution in [0.5, 0.6) is 0 Å². The van der Waals surface area contributed by atoms with Gasteiger partial charge in [0.2, 0.25) is 0 Å². The minimum Gasteiger partial charge on any atom is -0.450 e. The lowest BCUT2D eigenvalue weighted by Crippen LogP contribution is -2.49. The number of carbonyl (C=O) groups is 2. The molecule has 11 heteroatoms. The predicted molar refractivity (Wildman–Crippen MR) is 94.4 cm³/mol. The van der Waals surface area contributed by atoms with Gasteiger partial charge in [0.15, 0.2) is 11.8 Å². The second kappa shape index (κ2) is 9.47. The average molecular weight is 415 g/mol. The number of ether oxygens (including phenoxy) is 2. The summed E-state index contributed by atoms with van der Waals surface area (Å²) in [5.41, 5.74) is 1.67. The first-order valence-electron chi connectivity index (χ1n) is 8.69. The second-order valence-electron chi connectivity index (χ2n) is 6.45. The zero-order valence-corrected chi connectivity index (χ0v) is 15.6. The summed E-state index contributed by atoms with van der Waals surface area (Å²) in [6, 6.07) is 4.87. The summed E-state index contributed by atoms with van der Waals surface area (Å²) >= 11 is 0. The maximum absolute atomic E-state index is 12.5. The third-order valence-corrected chi connectivity index (χ3v) is 4.43. The van der Waals surface area contributed by atoms with Gasteiger partial charge in [-0.05, 0) is 24.1 Å². The molecule has 0 aliphatic carbocycles. The number of halogens is 3. The molecule has 1 aliphatic heterocycles. The summed E-state index contributed by atoms with van der Waals surface area (Å²) in [4.78, 5) is 29.0. The number of hydrogen-bond acceptors (Lipinski definition) is 5. The summed E-state index contributed by atoms with van der Waals surface area (Å²) in [6.07, 6.45) is -9.22. The van der Waals surface area contributed by atoms with Crippen molar-refractivity contribution in [2.75, 3.05) is 26.2 Å². The fraction of sp³-hybridized carbons (Fsp3) is 0.500.